The lowest BCUT2D eigenvalue weighted by Gasteiger charge is -2.27. The summed E-state index contributed by atoms with van der Waals surface area (Å²) in [6.45, 7) is 7.16. The van der Waals surface area contributed by atoms with E-state index in [0.717, 1.165) is 0 Å². The van der Waals surface area contributed by atoms with Crippen molar-refractivity contribution in [2.24, 2.45) is 17.8 Å². The number of carbonyl (C=O) groups is 4. The van der Waals surface area contributed by atoms with E-state index in [0.29, 0.717) is 0 Å². The molecule has 2 aliphatic carbocycles. The van der Waals surface area contributed by atoms with E-state index in [1.54, 1.807) is 27.7 Å². The molecule has 0 aromatic rings. The topological polar surface area (TPSA) is 123 Å². The van der Waals surface area contributed by atoms with E-state index in [2.05, 4.69) is 16.0 Å². The monoisotopic (exact) mass is 353 g/mol. The number of fused-ring (bicyclic) bond motifs is 2. The van der Waals surface area contributed by atoms with Gasteiger partial charge in [0.2, 0.25) is 0 Å². The average molecular weight is 353 g/mol. The van der Waals surface area contributed by atoms with E-state index in [4.69, 9.17) is 9.47 Å². The van der Waals surface area contributed by atoms with Crippen molar-refractivity contribution in [1.82, 2.24) is 16.0 Å². The lowest BCUT2D eigenvalue weighted by atomic mass is 9.89. The molecule has 4 amide bonds. The highest BCUT2D eigenvalue weighted by Crippen LogP contribution is 2.63. The van der Waals surface area contributed by atoms with E-state index in [1.807, 2.05) is 0 Å². The molecule has 9 heteroatoms. The van der Waals surface area contributed by atoms with Crippen LogP contribution in [0.1, 0.15) is 34.1 Å². The number of hydrogen-bond donors (Lipinski definition) is 3. The Kier molecular flexibility index (Phi) is 3.92. The number of esters is 1. The molecule has 0 aromatic carbocycles. The van der Waals surface area contributed by atoms with E-state index >= 15 is 0 Å². The molecular weight excluding hydrogens is 330 g/mol. The van der Waals surface area contributed by atoms with Gasteiger partial charge in [-0.2, -0.15) is 0 Å². The lowest BCUT2D eigenvalue weighted by molar-refractivity contribution is -0.146. The van der Waals surface area contributed by atoms with Gasteiger partial charge < -0.3 is 20.1 Å². The summed E-state index contributed by atoms with van der Waals surface area (Å²) in [5, 5.41) is 7.61. The molecule has 0 bridgehead atoms. The summed E-state index contributed by atoms with van der Waals surface area (Å²) in [6.07, 6.45) is -0.401. The first kappa shape index (κ1) is 17.5. The molecule has 0 aromatic heterocycles. The molecular formula is C16H23N3O6. The number of alkyl carbamates (subject to hydrolysis) is 1. The number of urea groups is 1. The van der Waals surface area contributed by atoms with Gasteiger partial charge in [-0.3, -0.25) is 14.9 Å². The zero-order valence-corrected chi connectivity index (χ0v) is 14.7. The van der Waals surface area contributed by atoms with Gasteiger partial charge in [0.05, 0.1) is 12.5 Å². The fraction of sp³-hybridized carbons (Fsp3) is 0.750. The van der Waals surface area contributed by atoms with Gasteiger partial charge in [0, 0.05) is 18.4 Å². The smallest absolute Gasteiger partial charge is 0.407 e. The lowest BCUT2D eigenvalue weighted by Crippen LogP contribution is -2.51. The summed E-state index contributed by atoms with van der Waals surface area (Å²) in [4.78, 5) is 48.3. The van der Waals surface area contributed by atoms with Crippen LogP contribution in [0.25, 0.3) is 0 Å². The predicted octanol–water partition coefficient (Wildman–Crippen LogP) is 0.287. The minimum absolute atomic E-state index is 0.217. The molecule has 0 radical (unpaired) electrons. The van der Waals surface area contributed by atoms with Gasteiger partial charge in [0.15, 0.2) is 0 Å². The quantitative estimate of drug-likeness (QED) is 0.495. The molecule has 3 rings (SSSR count). The van der Waals surface area contributed by atoms with Crippen LogP contribution in [0.3, 0.4) is 0 Å². The summed E-state index contributed by atoms with van der Waals surface area (Å²) in [5.41, 5.74) is -1.85. The first-order chi connectivity index (χ1) is 11.6. The van der Waals surface area contributed by atoms with Crippen LogP contribution in [0.5, 0.6) is 0 Å². The average Bonchev–Trinajstić information content (AvgIpc) is 3.04. The van der Waals surface area contributed by atoms with Gasteiger partial charge in [0.25, 0.3) is 5.91 Å². The highest BCUT2D eigenvalue weighted by Gasteiger charge is 2.77. The summed E-state index contributed by atoms with van der Waals surface area (Å²) in [5.74, 6) is -2.07. The van der Waals surface area contributed by atoms with Crippen LogP contribution in [0, 0.1) is 17.8 Å². The third-order valence-electron chi connectivity index (χ3n) is 4.88. The minimum atomic E-state index is -1.18. The van der Waals surface area contributed by atoms with Crippen LogP contribution in [0.15, 0.2) is 0 Å². The van der Waals surface area contributed by atoms with Crippen molar-refractivity contribution in [3.8, 4) is 0 Å². The van der Waals surface area contributed by atoms with Crippen molar-refractivity contribution in [2.45, 2.75) is 51.3 Å². The Hall–Kier alpha value is -2.32. The highest BCUT2D eigenvalue weighted by molar-refractivity contribution is 6.08. The number of amides is 4. The third-order valence-corrected chi connectivity index (χ3v) is 4.88. The van der Waals surface area contributed by atoms with Crippen molar-refractivity contribution in [3.05, 3.63) is 0 Å². The van der Waals surface area contributed by atoms with Gasteiger partial charge in [-0.1, -0.05) is 0 Å². The van der Waals surface area contributed by atoms with E-state index in [1.165, 1.54) is 0 Å². The van der Waals surface area contributed by atoms with Crippen molar-refractivity contribution in [3.63, 3.8) is 0 Å². The fourth-order valence-corrected chi connectivity index (χ4v) is 4.12. The Bertz CT molecular complexity index is 642. The summed E-state index contributed by atoms with van der Waals surface area (Å²) in [6, 6.07) is -1.05. The van der Waals surface area contributed by atoms with E-state index < -0.39 is 53.0 Å². The number of carbonyl (C=O) groups excluding carboxylic acids is 4. The highest BCUT2D eigenvalue weighted by atomic mass is 16.6. The second-order valence-corrected chi connectivity index (χ2v) is 7.72. The van der Waals surface area contributed by atoms with Gasteiger partial charge in [-0.15, -0.1) is 0 Å². The van der Waals surface area contributed by atoms with Gasteiger partial charge in [-0.05, 0) is 33.6 Å². The van der Waals surface area contributed by atoms with Gasteiger partial charge >= 0.3 is 18.1 Å². The molecule has 3 aliphatic rings. The molecule has 0 unspecified atom stereocenters. The molecule has 1 spiro atoms. The summed E-state index contributed by atoms with van der Waals surface area (Å²) in [7, 11) is 0. The van der Waals surface area contributed by atoms with Crippen molar-refractivity contribution < 1.29 is 28.7 Å². The van der Waals surface area contributed by atoms with Crippen LogP contribution < -0.4 is 16.0 Å². The molecule has 25 heavy (non-hydrogen) atoms. The maximum absolute atomic E-state index is 12.3. The van der Waals surface area contributed by atoms with E-state index in [9.17, 15) is 19.2 Å². The summed E-state index contributed by atoms with van der Waals surface area (Å²) < 4.78 is 10.3. The zero-order valence-electron chi connectivity index (χ0n) is 14.7. The zero-order chi connectivity index (χ0) is 18.6. The Morgan fingerprint density at radius 1 is 1.32 bits per heavy atom. The molecule has 1 aliphatic heterocycles. The summed E-state index contributed by atoms with van der Waals surface area (Å²) >= 11 is 0. The van der Waals surface area contributed by atoms with Crippen molar-refractivity contribution >= 4 is 24.0 Å². The molecule has 138 valence electrons. The van der Waals surface area contributed by atoms with Crippen molar-refractivity contribution in [2.75, 3.05) is 6.61 Å². The second kappa shape index (κ2) is 5.60. The Morgan fingerprint density at radius 2 is 2.00 bits per heavy atom. The Labute approximate surface area is 145 Å². The van der Waals surface area contributed by atoms with Crippen LogP contribution in [-0.4, -0.2) is 47.8 Å². The first-order valence-electron chi connectivity index (χ1n) is 8.39. The van der Waals surface area contributed by atoms with Crippen LogP contribution >= 0.6 is 0 Å². The predicted molar refractivity (Wildman–Crippen MR) is 84.3 cm³/mol. The number of nitrogens with one attached hydrogen (secondary N) is 3. The van der Waals surface area contributed by atoms with Gasteiger partial charge in [-0.25, -0.2) is 9.59 Å². The fourth-order valence-electron chi connectivity index (χ4n) is 4.12. The maximum atomic E-state index is 12.3. The Morgan fingerprint density at radius 3 is 2.52 bits per heavy atom. The normalized spacial score (nSPS) is 35.7. The molecule has 5 atom stereocenters. The number of hydrogen-bond acceptors (Lipinski definition) is 6. The van der Waals surface area contributed by atoms with Crippen molar-refractivity contribution in [1.29, 1.82) is 0 Å². The molecule has 1 saturated heterocycles. The third kappa shape index (κ3) is 2.91. The van der Waals surface area contributed by atoms with Gasteiger partial charge in [0.1, 0.15) is 11.1 Å². The minimum Gasteiger partial charge on any atom is -0.466 e. The SMILES string of the molecule is CCOC(=O)[C@H]1[C@H]2[C@@H]1[C@]1(C[C@@H]2NC(=O)OC(C)(C)C)NC(=O)NC1=O. The second-order valence-electron chi connectivity index (χ2n) is 7.72. The molecule has 9 nitrogen and oxygen atoms in total. The van der Waals surface area contributed by atoms with Crippen LogP contribution in [0.2, 0.25) is 0 Å². The number of rotatable bonds is 3. The molecule has 3 N–H and O–H groups in total. The largest absolute Gasteiger partial charge is 0.466 e. The molecule has 1 heterocycles. The molecule has 2 saturated carbocycles. The molecule has 3 fully saturated rings. The van der Waals surface area contributed by atoms with Crippen LogP contribution in [-0.2, 0) is 19.1 Å². The first-order valence-corrected chi connectivity index (χ1v) is 8.39. The van der Waals surface area contributed by atoms with E-state index in [-0.39, 0.29) is 18.9 Å². The Balaban J connectivity index is 1.79. The number of imide groups is 1. The van der Waals surface area contributed by atoms with Crippen LogP contribution in [0.4, 0.5) is 9.59 Å². The standard InChI is InChI=1S/C16H23N3O6/c1-5-24-11(20)9-8-7(17-14(23)25-15(2,3)4)6-16(10(8)9)12(21)18-13(22)19-16/h7-10H,5-6H2,1-4H3,(H,17,23)(H2,18,19,21,22)/t7-,8-,9-,10-,16-/m0/s1. The maximum Gasteiger partial charge on any atom is 0.407 e. The number of ether oxygens (including phenoxy) is 2.